The van der Waals surface area contributed by atoms with Crippen molar-refractivity contribution in [3.8, 4) is 5.95 Å². The second kappa shape index (κ2) is 5.09. The summed E-state index contributed by atoms with van der Waals surface area (Å²) in [6.45, 7) is 1.02. The summed E-state index contributed by atoms with van der Waals surface area (Å²) >= 11 is 0. The first-order valence-electron chi connectivity index (χ1n) is 8.64. The van der Waals surface area contributed by atoms with Crippen molar-refractivity contribution >= 4 is 22.2 Å². The maximum absolute atomic E-state index is 4.43. The van der Waals surface area contributed by atoms with E-state index in [4.69, 9.17) is 0 Å². The van der Waals surface area contributed by atoms with Gasteiger partial charge in [-0.1, -0.05) is 17.3 Å². The number of imidazole rings is 1. The molecule has 1 aliphatic heterocycles. The van der Waals surface area contributed by atoms with Crippen LogP contribution < -0.4 is 5.32 Å². The Bertz CT molecular complexity index is 1260. The highest BCUT2D eigenvalue weighted by Gasteiger charge is 2.22. The number of benzene rings is 1. The largest absolute Gasteiger partial charge is 0.309 e. The molecule has 5 aromatic rings. The van der Waals surface area contributed by atoms with Gasteiger partial charge in [0.1, 0.15) is 17.7 Å². The van der Waals surface area contributed by atoms with E-state index in [1.54, 1.807) is 11.0 Å². The predicted octanol–water partition coefficient (Wildman–Crippen LogP) is 1.54. The molecule has 4 aromatic heterocycles. The maximum atomic E-state index is 4.43. The third-order valence-electron chi connectivity index (χ3n) is 5.03. The van der Waals surface area contributed by atoms with Crippen LogP contribution in [-0.4, -0.2) is 45.5 Å². The van der Waals surface area contributed by atoms with Gasteiger partial charge in [-0.2, -0.15) is 4.68 Å². The molecule has 0 bridgehead atoms. The molecule has 1 fully saturated rings. The van der Waals surface area contributed by atoms with Crippen LogP contribution in [0.1, 0.15) is 24.6 Å². The number of aromatic nitrogens is 8. The van der Waals surface area contributed by atoms with Crippen LogP contribution >= 0.6 is 0 Å². The molecule has 9 nitrogen and oxygen atoms in total. The van der Waals surface area contributed by atoms with Crippen molar-refractivity contribution in [3.05, 3.63) is 48.7 Å². The zero-order valence-corrected chi connectivity index (χ0v) is 13.8. The highest BCUT2D eigenvalue weighted by molar-refractivity contribution is 5.94. The van der Waals surface area contributed by atoms with Gasteiger partial charge in [0.2, 0.25) is 0 Å². The normalized spacial score (nSPS) is 17.8. The van der Waals surface area contributed by atoms with E-state index < -0.39 is 0 Å². The van der Waals surface area contributed by atoms with E-state index in [0.717, 1.165) is 47.3 Å². The highest BCUT2D eigenvalue weighted by atomic mass is 15.5. The molecule has 1 saturated heterocycles. The first-order valence-corrected chi connectivity index (χ1v) is 8.64. The van der Waals surface area contributed by atoms with E-state index in [1.807, 2.05) is 39.4 Å². The van der Waals surface area contributed by atoms with Gasteiger partial charge in [0.15, 0.2) is 5.65 Å². The molecule has 1 atom stereocenters. The van der Waals surface area contributed by atoms with Crippen molar-refractivity contribution in [1.29, 1.82) is 0 Å². The van der Waals surface area contributed by atoms with Crippen molar-refractivity contribution in [3.63, 3.8) is 0 Å². The van der Waals surface area contributed by atoms with Gasteiger partial charge >= 0.3 is 0 Å². The molecule has 1 aromatic carbocycles. The number of nitrogens with zero attached hydrogens (tertiary/aromatic N) is 8. The zero-order valence-electron chi connectivity index (χ0n) is 13.8. The van der Waals surface area contributed by atoms with Crippen molar-refractivity contribution in [1.82, 2.24) is 44.3 Å². The van der Waals surface area contributed by atoms with E-state index >= 15 is 0 Å². The second-order valence-corrected chi connectivity index (χ2v) is 6.53. The van der Waals surface area contributed by atoms with Gasteiger partial charge in [0, 0.05) is 5.39 Å². The molecular weight excluding hydrogens is 330 g/mol. The Labute approximate surface area is 147 Å². The fraction of sp³-hybridized carbons (Fsp3) is 0.235. The first kappa shape index (κ1) is 13.9. The average Bonchev–Trinajstić information content (AvgIpc) is 3.47. The van der Waals surface area contributed by atoms with Crippen molar-refractivity contribution < 1.29 is 0 Å². The van der Waals surface area contributed by atoms with Gasteiger partial charge < -0.3 is 5.32 Å². The molecule has 0 radical (unpaired) electrons. The maximum Gasteiger partial charge on any atom is 0.259 e. The summed E-state index contributed by atoms with van der Waals surface area (Å²) in [5.41, 5.74) is 3.64. The number of nitrogens with one attached hydrogen (secondary N) is 1. The summed E-state index contributed by atoms with van der Waals surface area (Å²) < 4.78 is 5.69. The Kier molecular flexibility index (Phi) is 2.72. The van der Waals surface area contributed by atoms with Crippen molar-refractivity contribution in [2.75, 3.05) is 6.54 Å². The highest BCUT2D eigenvalue weighted by Crippen LogP contribution is 2.25. The molecule has 1 N–H and O–H groups in total. The molecule has 0 spiro atoms. The lowest BCUT2D eigenvalue weighted by atomic mass is 10.2. The van der Waals surface area contributed by atoms with Gasteiger partial charge in [0.25, 0.3) is 5.95 Å². The van der Waals surface area contributed by atoms with Gasteiger partial charge in [0.05, 0.1) is 24.0 Å². The van der Waals surface area contributed by atoms with E-state index in [-0.39, 0.29) is 6.04 Å². The minimum atomic E-state index is 0.263. The molecule has 6 rings (SSSR count). The summed E-state index contributed by atoms with van der Waals surface area (Å²) in [5.74, 6) is 0.605. The standard InChI is InChI=1S/C17H15N9/c1-2-6-14-11(4-1)16-21-22-17(26(16)15-8-18-10-24(14)15)25-9-13(20-23-25)12-5-3-7-19-12/h1-2,4,6,8-10,12,19H,3,5,7H2. The molecule has 5 heterocycles. The summed E-state index contributed by atoms with van der Waals surface area (Å²) in [7, 11) is 0. The Morgan fingerprint density at radius 3 is 3.00 bits per heavy atom. The SMILES string of the molecule is c1ccc2c(c1)c1nnc(-n3cc(C4CCCN4)nn3)n1c1cncn21. The molecular formula is C17H15N9. The zero-order chi connectivity index (χ0) is 17.1. The van der Waals surface area contributed by atoms with E-state index in [1.165, 1.54) is 0 Å². The third kappa shape index (κ3) is 1.80. The van der Waals surface area contributed by atoms with Crippen LogP contribution in [0.15, 0.2) is 43.0 Å². The summed E-state index contributed by atoms with van der Waals surface area (Å²) in [6, 6.07) is 8.36. The topological polar surface area (TPSA) is 90.2 Å². The predicted molar refractivity (Wildman–Crippen MR) is 94.1 cm³/mol. The number of para-hydroxylation sites is 1. The molecule has 0 amide bonds. The second-order valence-electron chi connectivity index (χ2n) is 6.53. The number of hydrogen-bond donors (Lipinski definition) is 1. The number of rotatable bonds is 2. The van der Waals surface area contributed by atoms with Crippen molar-refractivity contribution in [2.45, 2.75) is 18.9 Å². The molecule has 1 aliphatic rings. The first-order chi connectivity index (χ1) is 12.9. The summed E-state index contributed by atoms with van der Waals surface area (Å²) in [4.78, 5) is 4.32. The lowest BCUT2D eigenvalue weighted by Gasteiger charge is -2.07. The lowest BCUT2D eigenvalue weighted by Crippen LogP contribution is -2.13. The quantitative estimate of drug-likeness (QED) is 0.522. The summed E-state index contributed by atoms with van der Waals surface area (Å²) in [6.07, 6.45) is 7.78. The summed E-state index contributed by atoms with van der Waals surface area (Å²) in [5, 5.41) is 21.9. The van der Waals surface area contributed by atoms with Gasteiger partial charge in [-0.3, -0.25) is 4.40 Å². The lowest BCUT2D eigenvalue weighted by molar-refractivity contribution is 0.624. The minimum Gasteiger partial charge on any atom is -0.309 e. The number of fused-ring (bicyclic) bond motifs is 6. The van der Waals surface area contributed by atoms with Crippen LogP contribution in [0.25, 0.3) is 28.1 Å². The Balaban J connectivity index is 1.63. The smallest absolute Gasteiger partial charge is 0.259 e. The van der Waals surface area contributed by atoms with Crippen LogP contribution in [0.5, 0.6) is 0 Å². The van der Waals surface area contributed by atoms with Gasteiger partial charge in [-0.15, -0.1) is 15.3 Å². The van der Waals surface area contributed by atoms with E-state index in [9.17, 15) is 0 Å². The Morgan fingerprint density at radius 1 is 1.12 bits per heavy atom. The molecule has 128 valence electrons. The van der Waals surface area contributed by atoms with Crippen molar-refractivity contribution in [2.24, 2.45) is 0 Å². The van der Waals surface area contributed by atoms with Crippen LogP contribution in [0.3, 0.4) is 0 Å². The van der Waals surface area contributed by atoms with Crippen LogP contribution in [-0.2, 0) is 0 Å². The van der Waals surface area contributed by atoms with E-state index in [2.05, 4.69) is 36.9 Å². The Morgan fingerprint density at radius 2 is 2.08 bits per heavy atom. The minimum absolute atomic E-state index is 0.263. The van der Waals surface area contributed by atoms with Gasteiger partial charge in [-0.05, 0) is 31.5 Å². The third-order valence-corrected chi connectivity index (χ3v) is 5.03. The molecule has 1 unspecified atom stereocenters. The fourth-order valence-corrected chi connectivity index (χ4v) is 3.79. The molecule has 26 heavy (non-hydrogen) atoms. The number of hydrogen-bond acceptors (Lipinski definition) is 6. The average molecular weight is 345 g/mol. The van der Waals surface area contributed by atoms with E-state index in [0.29, 0.717) is 5.95 Å². The Hall–Kier alpha value is -3.33. The monoisotopic (exact) mass is 345 g/mol. The molecule has 0 saturated carbocycles. The van der Waals surface area contributed by atoms with Gasteiger partial charge in [-0.25, -0.2) is 9.38 Å². The molecule has 0 aliphatic carbocycles. The fourth-order valence-electron chi connectivity index (χ4n) is 3.79. The van der Waals surface area contributed by atoms with Crippen LogP contribution in [0.2, 0.25) is 0 Å². The molecule has 9 heteroatoms. The van der Waals surface area contributed by atoms with Crippen LogP contribution in [0, 0.1) is 0 Å². The van der Waals surface area contributed by atoms with Crippen LogP contribution in [0.4, 0.5) is 0 Å².